The Hall–Kier alpha value is -1.65. The summed E-state index contributed by atoms with van der Waals surface area (Å²) in [5, 5.41) is 2.84. The summed E-state index contributed by atoms with van der Waals surface area (Å²) in [5.41, 5.74) is 6.49. The predicted octanol–water partition coefficient (Wildman–Crippen LogP) is 0.963. The van der Waals surface area contributed by atoms with Crippen molar-refractivity contribution in [3.8, 4) is 0 Å². The van der Waals surface area contributed by atoms with Crippen molar-refractivity contribution < 1.29 is 9.53 Å². The van der Waals surface area contributed by atoms with Crippen LogP contribution in [0.3, 0.4) is 0 Å². The molecule has 0 saturated carbocycles. The molecular weight excluding hydrogens is 204 g/mol. The van der Waals surface area contributed by atoms with E-state index >= 15 is 0 Å². The van der Waals surface area contributed by atoms with Crippen molar-refractivity contribution >= 4 is 5.97 Å². The maximum Gasteiger partial charge on any atom is 0.321 e. The zero-order valence-corrected chi connectivity index (χ0v) is 9.06. The molecule has 0 amide bonds. The first-order chi connectivity index (χ1) is 7.74. The Morgan fingerprint density at radius 2 is 2.19 bits per heavy atom. The molecule has 1 unspecified atom stereocenters. The molecule has 0 aliphatic heterocycles. The number of nitrogens with two attached hydrogens (primary N) is 1. The van der Waals surface area contributed by atoms with Crippen LogP contribution in [0.2, 0.25) is 0 Å². The molecule has 0 heterocycles. The van der Waals surface area contributed by atoms with Gasteiger partial charge >= 0.3 is 5.97 Å². The summed E-state index contributed by atoms with van der Waals surface area (Å²) in [6.45, 7) is 4.22. The fourth-order valence-corrected chi connectivity index (χ4v) is 1.17. The lowest BCUT2D eigenvalue weighted by molar-refractivity contribution is -0.148. The lowest BCUT2D eigenvalue weighted by atomic mass is 10.2. The molecule has 4 nitrogen and oxygen atoms in total. The van der Waals surface area contributed by atoms with Gasteiger partial charge in [-0.3, -0.25) is 10.5 Å². The molecule has 1 aromatic rings. The molecule has 0 aliphatic carbocycles. The van der Waals surface area contributed by atoms with Crippen molar-refractivity contribution in [1.29, 1.82) is 0 Å². The maximum atomic E-state index is 11.3. The highest BCUT2D eigenvalue weighted by Crippen LogP contribution is 2.10. The molecule has 4 heteroatoms. The monoisotopic (exact) mass is 220 g/mol. The van der Waals surface area contributed by atoms with E-state index in [1.807, 2.05) is 30.3 Å². The number of carbonyl (C=O) groups is 1. The lowest BCUT2D eigenvalue weighted by Gasteiger charge is -2.13. The van der Waals surface area contributed by atoms with Crippen LogP contribution in [0.25, 0.3) is 0 Å². The summed E-state index contributed by atoms with van der Waals surface area (Å²) < 4.78 is 5.03. The lowest BCUT2D eigenvalue weighted by Crippen LogP contribution is -2.28. The summed E-state index contributed by atoms with van der Waals surface area (Å²) in [5.74, 6) is -0.377. The Morgan fingerprint density at radius 1 is 1.50 bits per heavy atom. The second-order valence-electron chi connectivity index (χ2n) is 3.24. The van der Waals surface area contributed by atoms with Crippen LogP contribution in [0.15, 0.2) is 43.0 Å². The first-order valence-electron chi connectivity index (χ1n) is 5.05. The van der Waals surface area contributed by atoms with Crippen molar-refractivity contribution in [2.45, 2.75) is 6.23 Å². The van der Waals surface area contributed by atoms with Gasteiger partial charge in [-0.05, 0) is 0 Å². The zero-order chi connectivity index (χ0) is 11.8. The van der Waals surface area contributed by atoms with Gasteiger partial charge in [0.1, 0.15) is 0 Å². The normalized spacial score (nSPS) is 11.8. The van der Waals surface area contributed by atoms with E-state index in [1.165, 1.54) is 0 Å². The van der Waals surface area contributed by atoms with Crippen molar-refractivity contribution in [3.05, 3.63) is 48.6 Å². The van der Waals surface area contributed by atoms with Gasteiger partial charge in [0.15, 0.2) is 6.23 Å². The largest absolute Gasteiger partial charge is 0.441 e. The fourth-order valence-electron chi connectivity index (χ4n) is 1.17. The van der Waals surface area contributed by atoms with E-state index in [1.54, 1.807) is 6.08 Å². The maximum absolute atomic E-state index is 11.3. The average molecular weight is 220 g/mol. The first kappa shape index (κ1) is 12.4. The van der Waals surface area contributed by atoms with E-state index in [9.17, 15) is 4.79 Å². The highest BCUT2D eigenvalue weighted by atomic mass is 16.6. The average Bonchev–Trinajstić information content (AvgIpc) is 2.30. The third-order valence-electron chi connectivity index (χ3n) is 1.94. The van der Waals surface area contributed by atoms with Crippen molar-refractivity contribution in [2.24, 2.45) is 5.73 Å². The number of carbonyl (C=O) groups excluding carboxylic acids is 1. The van der Waals surface area contributed by atoms with Crippen LogP contribution in [0.4, 0.5) is 0 Å². The Balaban J connectivity index is 2.36. The SMILES string of the molecule is C=CCNCC(=O)OC(N)c1ccccc1. The highest BCUT2D eigenvalue weighted by Gasteiger charge is 2.10. The van der Waals surface area contributed by atoms with Crippen LogP contribution in [-0.2, 0) is 9.53 Å². The van der Waals surface area contributed by atoms with Gasteiger partial charge in [0.25, 0.3) is 0 Å². The smallest absolute Gasteiger partial charge is 0.321 e. The fraction of sp³-hybridized carbons (Fsp3) is 0.250. The Morgan fingerprint density at radius 3 is 2.81 bits per heavy atom. The minimum Gasteiger partial charge on any atom is -0.441 e. The van der Waals surface area contributed by atoms with Gasteiger partial charge in [-0.2, -0.15) is 0 Å². The van der Waals surface area contributed by atoms with E-state index in [0.29, 0.717) is 6.54 Å². The molecule has 86 valence electrons. The van der Waals surface area contributed by atoms with Crippen molar-refractivity contribution in [1.82, 2.24) is 5.32 Å². The van der Waals surface area contributed by atoms with E-state index in [0.717, 1.165) is 5.56 Å². The van der Waals surface area contributed by atoms with Gasteiger partial charge < -0.3 is 10.1 Å². The number of esters is 1. The Kier molecular flexibility index (Phi) is 5.25. The first-order valence-corrected chi connectivity index (χ1v) is 5.05. The number of hydrogen-bond donors (Lipinski definition) is 2. The number of nitrogens with one attached hydrogen (secondary N) is 1. The van der Waals surface area contributed by atoms with Crippen molar-refractivity contribution in [2.75, 3.05) is 13.1 Å². The van der Waals surface area contributed by atoms with Crippen LogP contribution in [-0.4, -0.2) is 19.1 Å². The summed E-state index contributed by atoms with van der Waals surface area (Å²) in [6.07, 6.45) is 0.962. The van der Waals surface area contributed by atoms with Crippen LogP contribution in [0.5, 0.6) is 0 Å². The number of rotatable bonds is 6. The van der Waals surface area contributed by atoms with E-state index < -0.39 is 6.23 Å². The van der Waals surface area contributed by atoms with Gasteiger partial charge in [-0.1, -0.05) is 36.4 Å². The Bertz CT molecular complexity index is 338. The minimum absolute atomic E-state index is 0.132. The molecule has 0 spiro atoms. The van der Waals surface area contributed by atoms with Crippen LogP contribution < -0.4 is 11.1 Å². The summed E-state index contributed by atoms with van der Waals surface area (Å²) in [6, 6.07) is 9.20. The topological polar surface area (TPSA) is 64.3 Å². The third kappa shape index (κ3) is 4.25. The molecule has 1 atom stereocenters. The number of ether oxygens (including phenoxy) is 1. The molecule has 1 aromatic carbocycles. The molecule has 0 fully saturated rings. The minimum atomic E-state index is -0.709. The van der Waals surface area contributed by atoms with Crippen molar-refractivity contribution in [3.63, 3.8) is 0 Å². The molecule has 3 N–H and O–H groups in total. The van der Waals surface area contributed by atoms with E-state index in [4.69, 9.17) is 10.5 Å². The number of hydrogen-bond acceptors (Lipinski definition) is 4. The van der Waals surface area contributed by atoms with Gasteiger partial charge in [-0.15, -0.1) is 6.58 Å². The van der Waals surface area contributed by atoms with Crippen LogP contribution >= 0.6 is 0 Å². The van der Waals surface area contributed by atoms with Gasteiger partial charge in [0.2, 0.25) is 0 Å². The summed E-state index contributed by atoms with van der Waals surface area (Å²) >= 11 is 0. The van der Waals surface area contributed by atoms with Gasteiger partial charge in [0, 0.05) is 12.1 Å². The van der Waals surface area contributed by atoms with Gasteiger partial charge in [0.05, 0.1) is 6.54 Å². The van der Waals surface area contributed by atoms with Crippen LogP contribution in [0, 0.1) is 0 Å². The van der Waals surface area contributed by atoms with Crippen LogP contribution in [0.1, 0.15) is 11.8 Å². The molecule has 0 saturated heterocycles. The van der Waals surface area contributed by atoms with E-state index in [2.05, 4.69) is 11.9 Å². The van der Waals surface area contributed by atoms with E-state index in [-0.39, 0.29) is 12.5 Å². The molecule has 0 aromatic heterocycles. The molecule has 1 rings (SSSR count). The molecule has 0 bridgehead atoms. The summed E-state index contributed by atoms with van der Waals surface area (Å²) in [4.78, 5) is 11.3. The summed E-state index contributed by atoms with van der Waals surface area (Å²) in [7, 11) is 0. The second-order valence-corrected chi connectivity index (χ2v) is 3.24. The standard InChI is InChI=1S/C12H16N2O2/c1-2-8-14-9-11(15)16-12(13)10-6-4-3-5-7-10/h2-7,12,14H,1,8-9,13H2. The Labute approximate surface area is 95.1 Å². The molecule has 0 radical (unpaired) electrons. The zero-order valence-electron chi connectivity index (χ0n) is 9.06. The predicted molar refractivity (Wildman–Crippen MR) is 62.5 cm³/mol. The highest BCUT2D eigenvalue weighted by molar-refractivity contribution is 5.71. The molecule has 0 aliphatic rings. The second kappa shape index (κ2) is 6.76. The molecular formula is C12H16N2O2. The third-order valence-corrected chi connectivity index (χ3v) is 1.94. The van der Waals surface area contributed by atoms with Gasteiger partial charge in [-0.25, -0.2) is 0 Å². The quantitative estimate of drug-likeness (QED) is 0.324. The number of benzene rings is 1. The molecule has 16 heavy (non-hydrogen) atoms.